The van der Waals surface area contributed by atoms with Crippen molar-refractivity contribution in [1.82, 2.24) is 0 Å². The number of carboxylic acid groups (broad SMARTS) is 1. The zero-order valence-corrected chi connectivity index (χ0v) is 11.2. The Hall–Kier alpha value is -2.89. The lowest BCUT2D eigenvalue weighted by atomic mass is 9.96. The third kappa shape index (κ3) is 2.84. The molecule has 6 nitrogen and oxygen atoms in total. The van der Waals surface area contributed by atoms with Gasteiger partial charge in [0.15, 0.2) is 5.75 Å². The van der Waals surface area contributed by atoms with Crippen LogP contribution in [0.2, 0.25) is 0 Å². The molecule has 0 spiro atoms. The molecule has 6 heteroatoms. The van der Waals surface area contributed by atoms with Crippen molar-refractivity contribution < 1.29 is 19.6 Å². The maximum atomic E-state index is 11.6. The summed E-state index contributed by atoms with van der Waals surface area (Å²) in [6, 6.07) is 14.0. The van der Waals surface area contributed by atoms with E-state index in [1.165, 1.54) is 25.1 Å². The Morgan fingerprint density at radius 3 is 2.29 bits per heavy atom. The van der Waals surface area contributed by atoms with E-state index in [4.69, 9.17) is 4.74 Å². The highest BCUT2D eigenvalue weighted by molar-refractivity contribution is 5.79. The standard InChI is InChI=1S/C15H13NO5/c1-15(14(17)18,11-7-3-2-4-8-11)21-13-10-6-5-9-12(13)16(19)20/h2-10H,1H3,(H,17,18). The van der Waals surface area contributed by atoms with Crippen LogP contribution in [0.1, 0.15) is 12.5 Å². The molecule has 0 bridgehead atoms. The molecule has 21 heavy (non-hydrogen) atoms. The summed E-state index contributed by atoms with van der Waals surface area (Å²) in [6.07, 6.45) is 0. The van der Waals surface area contributed by atoms with Crippen LogP contribution in [0.15, 0.2) is 54.6 Å². The number of benzene rings is 2. The van der Waals surface area contributed by atoms with E-state index in [2.05, 4.69) is 0 Å². The van der Waals surface area contributed by atoms with Crippen LogP contribution in [-0.4, -0.2) is 16.0 Å². The number of nitro benzene ring substituents is 1. The average molecular weight is 287 g/mol. The molecule has 2 aromatic rings. The Balaban J connectivity index is 2.48. The van der Waals surface area contributed by atoms with E-state index in [-0.39, 0.29) is 11.4 Å². The lowest BCUT2D eigenvalue weighted by Crippen LogP contribution is -2.38. The quantitative estimate of drug-likeness (QED) is 0.674. The normalized spacial score (nSPS) is 13.2. The van der Waals surface area contributed by atoms with Crippen LogP contribution in [0.25, 0.3) is 0 Å². The van der Waals surface area contributed by atoms with Gasteiger partial charge in [0.05, 0.1) is 4.92 Å². The van der Waals surface area contributed by atoms with Gasteiger partial charge < -0.3 is 9.84 Å². The van der Waals surface area contributed by atoms with Crippen LogP contribution in [0.3, 0.4) is 0 Å². The minimum absolute atomic E-state index is 0.0868. The summed E-state index contributed by atoms with van der Waals surface area (Å²) in [5.41, 5.74) is -1.59. The number of hydrogen-bond acceptors (Lipinski definition) is 4. The van der Waals surface area contributed by atoms with Gasteiger partial charge in [-0.25, -0.2) is 4.79 Å². The summed E-state index contributed by atoms with van der Waals surface area (Å²) in [5.74, 6) is -1.32. The first-order valence-electron chi connectivity index (χ1n) is 6.16. The molecule has 0 saturated carbocycles. The second kappa shape index (κ2) is 5.62. The molecule has 0 aromatic heterocycles. The minimum Gasteiger partial charge on any atom is -0.478 e. The van der Waals surface area contributed by atoms with Crippen molar-refractivity contribution in [2.75, 3.05) is 0 Å². The summed E-state index contributed by atoms with van der Waals surface area (Å²) in [7, 11) is 0. The maximum Gasteiger partial charge on any atom is 0.352 e. The van der Waals surface area contributed by atoms with Gasteiger partial charge in [-0.05, 0) is 13.0 Å². The lowest BCUT2D eigenvalue weighted by molar-refractivity contribution is -0.386. The van der Waals surface area contributed by atoms with Gasteiger partial charge in [0, 0.05) is 11.6 Å². The minimum atomic E-state index is -1.71. The molecule has 2 aromatic carbocycles. The summed E-state index contributed by atoms with van der Waals surface area (Å²) >= 11 is 0. The predicted octanol–water partition coefficient (Wildman–Crippen LogP) is 2.97. The Bertz CT molecular complexity index is 671. The summed E-state index contributed by atoms with van der Waals surface area (Å²) in [4.78, 5) is 22.0. The maximum absolute atomic E-state index is 11.6. The number of aliphatic carboxylic acids is 1. The molecular formula is C15H13NO5. The van der Waals surface area contributed by atoms with Crippen molar-refractivity contribution >= 4 is 11.7 Å². The molecule has 0 amide bonds. The fourth-order valence-corrected chi connectivity index (χ4v) is 1.90. The zero-order valence-electron chi connectivity index (χ0n) is 11.2. The highest BCUT2D eigenvalue weighted by Gasteiger charge is 2.39. The Morgan fingerprint density at radius 2 is 1.71 bits per heavy atom. The first-order valence-corrected chi connectivity index (χ1v) is 6.16. The third-order valence-corrected chi connectivity index (χ3v) is 3.11. The molecule has 0 aliphatic carbocycles. The second-order valence-corrected chi connectivity index (χ2v) is 4.53. The van der Waals surface area contributed by atoms with Gasteiger partial charge >= 0.3 is 11.7 Å². The predicted molar refractivity (Wildman–Crippen MR) is 75.2 cm³/mol. The monoisotopic (exact) mass is 287 g/mol. The van der Waals surface area contributed by atoms with Crippen molar-refractivity contribution in [2.24, 2.45) is 0 Å². The fourth-order valence-electron chi connectivity index (χ4n) is 1.90. The van der Waals surface area contributed by atoms with Crippen LogP contribution >= 0.6 is 0 Å². The molecule has 0 aliphatic rings. The van der Waals surface area contributed by atoms with Crippen LogP contribution in [0, 0.1) is 10.1 Å². The lowest BCUT2D eigenvalue weighted by Gasteiger charge is -2.26. The summed E-state index contributed by atoms with van der Waals surface area (Å²) < 4.78 is 5.50. The van der Waals surface area contributed by atoms with Crippen LogP contribution in [0.4, 0.5) is 5.69 Å². The van der Waals surface area contributed by atoms with E-state index in [0.717, 1.165) is 0 Å². The molecule has 1 N–H and O–H groups in total. The van der Waals surface area contributed by atoms with Crippen molar-refractivity contribution in [3.05, 3.63) is 70.3 Å². The number of nitrogens with zero attached hydrogens (tertiary/aromatic N) is 1. The largest absolute Gasteiger partial charge is 0.478 e. The number of rotatable bonds is 5. The number of hydrogen-bond donors (Lipinski definition) is 1. The van der Waals surface area contributed by atoms with E-state index in [1.807, 2.05) is 0 Å². The number of para-hydroxylation sites is 2. The van der Waals surface area contributed by atoms with Gasteiger partial charge in [-0.3, -0.25) is 10.1 Å². The smallest absolute Gasteiger partial charge is 0.352 e. The molecule has 0 heterocycles. The molecule has 0 fully saturated rings. The highest BCUT2D eigenvalue weighted by atomic mass is 16.6. The number of ether oxygens (including phenoxy) is 1. The molecule has 0 radical (unpaired) electrons. The molecule has 0 saturated heterocycles. The zero-order chi connectivity index (χ0) is 15.5. The van der Waals surface area contributed by atoms with Crippen molar-refractivity contribution in [1.29, 1.82) is 0 Å². The van der Waals surface area contributed by atoms with E-state index in [1.54, 1.807) is 36.4 Å². The van der Waals surface area contributed by atoms with Crippen LogP contribution in [0.5, 0.6) is 5.75 Å². The van der Waals surface area contributed by atoms with Crippen molar-refractivity contribution in [2.45, 2.75) is 12.5 Å². The molecule has 0 aliphatic heterocycles. The van der Waals surface area contributed by atoms with E-state index in [0.29, 0.717) is 5.56 Å². The number of nitro groups is 1. The second-order valence-electron chi connectivity index (χ2n) is 4.53. The average Bonchev–Trinajstić information content (AvgIpc) is 2.48. The molecule has 1 atom stereocenters. The van der Waals surface area contributed by atoms with Gasteiger partial charge in [-0.1, -0.05) is 42.5 Å². The van der Waals surface area contributed by atoms with Gasteiger partial charge in [0.1, 0.15) is 0 Å². The van der Waals surface area contributed by atoms with E-state index < -0.39 is 16.5 Å². The summed E-state index contributed by atoms with van der Waals surface area (Å²) in [5, 5.41) is 20.5. The summed E-state index contributed by atoms with van der Waals surface area (Å²) in [6.45, 7) is 1.36. The molecular weight excluding hydrogens is 274 g/mol. The number of carboxylic acids is 1. The van der Waals surface area contributed by atoms with E-state index >= 15 is 0 Å². The number of carbonyl (C=O) groups is 1. The topological polar surface area (TPSA) is 89.7 Å². The van der Waals surface area contributed by atoms with Gasteiger partial charge in [-0.15, -0.1) is 0 Å². The SMILES string of the molecule is CC(Oc1ccccc1[N+](=O)[O-])(C(=O)O)c1ccccc1. The van der Waals surface area contributed by atoms with Gasteiger partial charge in [0.25, 0.3) is 0 Å². The van der Waals surface area contributed by atoms with Gasteiger partial charge in [0.2, 0.25) is 5.60 Å². The first kappa shape index (κ1) is 14.5. The Kier molecular flexibility index (Phi) is 3.89. The van der Waals surface area contributed by atoms with Crippen molar-refractivity contribution in [3.8, 4) is 5.75 Å². The molecule has 1 unspecified atom stereocenters. The molecule has 2 rings (SSSR count). The molecule has 108 valence electrons. The first-order chi connectivity index (χ1) is 9.95. The van der Waals surface area contributed by atoms with Crippen molar-refractivity contribution in [3.63, 3.8) is 0 Å². The van der Waals surface area contributed by atoms with Crippen LogP contribution < -0.4 is 4.74 Å². The Morgan fingerprint density at radius 1 is 1.14 bits per heavy atom. The van der Waals surface area contributed by atoms with E-state index in [9.17, 15) is 20.0 Å². The third-order valence-electron chi connectivity index (χ3n) is 3.11. The Labute approximate surface area is 120 Å². The highest BCUT2D eigenvalue weighted by Crippen LogP contribution is 2.34. The van der Waals surface area contributed by atoms with Gasteiger partial charge in [-0.2, -0.15) is 0 Å². The van der Waals surface area contributed by atoms with Crippen LogP contribution in [-0.2, 0) is 10.4 Å². The fraction of sp³-hybridized carbons (Fsp3) is 0.133.